The molecule has 8 heteroatoms. The summed E-state index contributed by atoms with van der Waals surface area (Å²) in [6.07, 6.45) is 5.55. The van der Waals surface area contributed by atoms with E-state index in [0.717, 1.165) is 21.2 Å². The van der Waals surface area contributed by atoms with E-state index in [9.17, 15) is 4.79 Å². The molecule has 0 bridgehead atoms. The third-order valence-corrected chi connectivity index (χ3v) is 5.92. The van der Waals surface area contributed by atoms with Gasteiger partial charge < -0.3 is 9.73 Å². The Morgan fingerprint density at radius 2 is 2.07 bits per heavy atom. The molecule has 1 N–H and O–H groups in total. The van der Waals surface area contributed by atoms with E-state index in [2.05, 4.69) is 41.0 Å². The Hall–Kier alpha value is -2.19. The number of anilines is 1. The molecule has 3 aromatic rings. The quantitative estimate of drug-likeness (QED) is 0.607. The number of thioether (sulfide) groups is 1. The van der Waals surface area contributed by atoms with E-state index in [0.29, 0.717) is 16.8 Å². The van der Waals surface area contributed by atoms with Crippen LogP contribution in [0.5, 0.6) is 0 Å². The van der Waals surface area contributed by atoms with Gasteiger partial charge in [0.15, 0.2) is 5.13 Å². The molecule has 0 unspecified atom stereocenters. The maximum atomic E-state index is 12.2. The van der Waals surface area contributed by atoms with E-state index < -0.39 is 0 Å². The summed E-state index contributed by atoms with van der Waals surface area (Å²) in [6, 6.07) is 3.74. The number of thiazole rings is 1. The Morgan fingerprint density at radius 3 is 2.78 bits per heavy atom. The highest BCUT2D eigenvalue weighted by Gasteiger charge is 2.19. The van der Waals surface area contributed by atoms with Crippen LogP contribution in [0, 0.1) is 6.92 Å². The number of hydrogen-bond donors (Lipinski definition) is 1. The molecule has 0 spiro atoms. The van der Waals surface area contributed by atoms with Crippen molar-refractivity contribution in [1.82, 2.24) is 15.0 Å². The molecule has 142 valence electrons. The largest absolute Gasteiger partial charge is 0.444 e. The Morgan fingerprint density at radius 1 is 1.26 bits per heavy atom. The molecule has 6 nitrogen and oxygen atoms in total. The fraction of sp³-hybridized carbons (Fsp3) is 0.368. The summed E-state index contributed by atoms with van der Waals surface area (Å²) in [7, 11) is 0. The van der Waals surface area contributed by atoms with Crippen molar-refractivity contribution in [2.24, 2.45) is 0 Å². The lowest BCUT2D eigenvalue weighted by Crippen LogP contribution is -2.15. The number of nitrogens with one attached hydrogen (secondary N) is 1. The van der Waals surface area contributed by atoms with Gasteiger partial charge >= 0.3 is 0 Å². The van der Waals surface area contributed by atoms with Crippen LogP contribution in [0.4, 0.5) is 5.13 Å². The Kier molecular flexibility index (Phi) is 5.96. The van der Waals surface area contributed by atoms with Gasteiger partial charge in [-0.1, -0.05) is 38.2 Å². The van der Waals surface area contributed by atoms with Crippen molar-refractivity contribution in [2.75, 3.05) is 5.32 Å². The second kappa shape index (κ2) is 8.22. The molecule has 3 rings (SSSR count). The fourth-order valence-corrected chi connectivity index (χ4v) is 4.02. The number of nitrogens with zero attached hydrogens (tertiary/aromatic N) is 3. The molecule has 0 fully saturated rings. The summed E-state index contributed by atoms with van der Waals surface area (Å²) in [4.78, 5) is 25.0. The fourth-order valence-electron chi connectivity index (χ4n) is 2.28. The van der Waals surface area contributed by atoms with Crippen molar-refractivity contribution in [3.05, 3.63) is 53.6 Å². The van der Waals surface area contributed by atoms with Crippen LogP contribution in [0.25, 0.3) is 0 Å². The van der Waals surface area contributed by atoms with Crippen molar-refractivity contribution < 1.29 is 9.21 Å². The Balaban J connectivity index is 1.53. The molecule has 0 aliphatic heterocycles. The van der Waals surface area contributed by atoms with Gasteiger partial charge in [0.1, 0.15) is 5.76 Å². The zero-order valence-corrected chi connectivity index (χ0v) is 17.4. The number of pyridine rings is 1. The number of rotatable bonds is 6. The first-order valence-electron chi connectivity index (χ1n) is 8.55. The third-order valence-electron chi connectivity index (χ3n) is 3.83. The SMILES string of the molecule is Cc1ncccc1CC(=O)Nc1ncc(SCc2ncc(C(C)(C)C)o2)s1. The first-order valence-corrected chi connectivity index (χ1v) is 10.4. The van der Waals surface area contributed by atoms with Crippen LogP contribution in [0.15, 0.2) is 39.3 Å². The summed E-state index contributed by atoms with van der Waals surface area (Å²) in [6.45, 7) is 8.18. The Labute approximate surface area is 166 Å². The van der Waals surface area contributed by atoms with Gasteiger partial charge in [0.2, 0.25) is 11.8 Å². The molecule has 3 heterocycles. The predicted octanol–water partition coefficient (Wildman–Crippen LogP) is 4.61. The lowest BCUT2D eigenvalue weighted by atomic mass is 9.94. The van der Waals surface area contributed by atoms with Gasteiger partial charge in [0.05, 0.1) is 28.8 Å². The first-order chi connectivity index (χ1) is 12.8. The monoisotopic (exact) mass is 402 g/mol. The number of hydrogen-bond acceptors (Lipinski definition) is 7. The molecule has 27 heavy (non-hydrogen) atoms. The smallest absolute Gasteiger partial charge is 0.230 e. The summed E-state index contributed by atoms with van der Waals surface area (Å²) in [5.74, 6) is 2.09. The van der Waals surface area contributed by atoms with Crippen LogP contribution >= 0.6 is 23.1 Å². The average Bonchev–Trinajstić information content (AvgIpc) is 3.24. The van der Waals surface area contributed by atoms with Crippen LogP contribution < -0.4 is 5.32 Å². The summed E-state index contributed by atoms with van der Waals surface area (Å²) in [5, 5.41) is 3.44. The molecule has 0 saturated heterocycles. The number of carbonyl (C=O) groups is 1. The lowest BCUT2D eigenvalue weighted by Gasteiger charge is -2.12. The molecule has 0 aromatic carbocycles. The van der Waals surface area contributed by atoms with E-state index in [-0.39, 0.29) is 17.7 Å². The van der Waals surface area contributed by atoms with E-state index in [1.807, 2.05) is 19.1 Å². The minimum atomic E-state index is -0.0977. The van der Waals surface area contributed by atoms with Gasteiger partial charge in [-0.05, 0) is 18.6 Å². The summed E-state index contributed by atoms with van der Waals surface area (Å²) in [5.41, 5.74) is 1.73. The van der Waals surface area contributed by atoms with E-state index >= 15 is 0 Å². The van der Waals surface area contributed by atoms with Crippen LogP contribution in [-0.4, -0.2) is 20.9 Å². The summed E-state index contributed by atoms with van der Waals surface area (Å²) < 4.78 is 6.79. The molecule has 1 amide bonds. The molecule has 0 aliphatic rings. The highest BCUT2D eigenvalue weighted by Crippen LogP contribution is 2.31. The predicted molar refractivity (Wildman–Crippen MR) is 108 cm³/mol. The number of oxazole rings is 1. The van der Waals surface area contributed by atoms with Crippen LogP contribution in [-0.2, 0) is 22.4 Å². The number of aromatic nitrogens is 3. The van der Waals surface area contributed by atoms with Crippen molar-refractivity contribution >= 4 is 34.1 Å². The molecule has 0 aliphatic carbocycles. The minimum absolute atomic E-state index is 0.0511. The van der Waals surface area contributed by atoms with Crippen molar-refractivity contribution in [2.45, 2.75) is 49.5 Å². The van der Waals surface area contributed by atoms with E-state index in [4.69, 9.17) is 4.42 Å². The van der Waals surface area contributed by atoms with E-state index in [1.165, 1.54) is 11.3 Å². The molecule has 0 saturated carbocycles. The number of carbonyl (C=O) groups excluding carboxylic acids is 1. The molecule has 0 atom stereocenters. The van der Waals surface area contributed by atoms with Crippen molar-refractivity contribution in [1.29, 1.82) is 0 Å². The highest BCUT2D eigenvalue weighted by molar-refractivity contribution is 8.00. The van der Waals surface area contributed by atoms with Crippen molar-refractivity contribution in [3.8, 4) is 0 Å². The topological polar surface area (TPSA) is 80.9 Å². The molecule has 0 radical (unpaired) electrons. The van der Waals surface area contributed by atoms with Gasteiger partial charge in [-0.3, -0.25) is 9.78 Å². The number of amides is 1. The molecular weight excluding hydrogens is 380 g/mol. The maximum Gasteiger partial charge on any atom is 0.230 e. The Bertz CT molecular complexity index is 928. The lowest BCUT2D eigenvalue weighted by molar-refractivity contribution is -0.115. The van der Waals surface area contributed by atoms with Gasteiger partial charge in [-0.15, -0.1) is 11.8 Å². The second-order valence-electron chi connectivity index (χ2n) is 7.11. The average molecular weight is 403 g/mol. The van der Waals surface area contributed by atoms with Crippen molar-refractivity contribution in [3.63, 3.8) is 0 Å². The highest BCUT2D eigenvalue weighted by atomic mass is 32.2. The van der Waals surface area contributed by atoms with Crippen LogP contribution in [0.2, 0.25) is 0 Å². The molecular formula is C19H22N4O2S2. The van der Waals surface area contributed by atoms with Gasteiger partial charge in [0.25, 0.3) is 0 Å². The standard InChI is InChI=1S/C19H22N4O2S2/c1-12-13(6-5-7-20-12)8-15(24)23-18-22-10-17(27-18)26-11-16-21-9-14(25-16)19(2,3)4/h5-7,9-10H,8,11H2,1-4H3,(H,22,23,24). The zero-order chi connectivity index (χ0) is 19.4. The normalized spacial score (nSPS) is 11.6. The maximum absolute atomic E-state index is 12.2. The minimum Gasteiger partial charge on any atom is -0.444 e. The molecule has 3 aromatic heterocycles. The van der Waals surface area contributed by atoms with Gasteiger partial charge in [-0.25, -0.2) is 9.97 Å². The second-order valence-corrected chi connectivity index (χ2v) is 9.42. The van der Waals surface area contributed by atoms with Crippen LogP contribution in [0.3, 0.4) is 0 Å². The third kappa shape index (κ3) is 5.40. The van der Waals surface area contributed by atoms with E-state index in [1.54, 1.807) is 30.4 Å². The van der Waals surface area contributed by atoms with Gasteiger partial charge in [0, 0.05) is 17.3 Å². The van der Waals surface area contributed by atoms with Gasteiger partial charge in [-0.2, -0.15) is 0 Å². The number of aryl methyl sites for hydroxylation is 1. The summed E-state index contributed by atoms with van der Waals surface area (Å²) >= 11 is 3.03. The zero-order valence-electron chi connectivity index (χ0n) is 15.8. The first kappa shape index (κ1) is 19.6. The van der Waals surface area contributed by atoms with Crippen LogP contribution in [0.1, 0.15) is 43.7 Å².